The van der Waals surface area contributed by atoms with Crippen LogP contribution in [0, 0.1) is 0 Å². The van der Waals surface area contributed by atoms with Crippen molar-refractivity contribution in [2.24, 2.45) is 0 Å². The molecule has 0 aliphatic rings. The molecule has 0 fully saturated rings. The van der Waals surface area contributed by atoms with Crippen LogP contribution in [0.3, 0.4) is 0 Å². The van der Waals surface area contributed by atoms with Crippen LogP contribution in [0.1, 0.15) is 0 Å². The number of nitrogens with one attached hydrogen (secondary N) is 1. The van der Waals surface area contributed by atoms with E-state index in [0.29, 0.717) is 0 Å². The van der Waals surface area contributed by atoms with E-state index in [-0.39, 0.29) is 21.1 Å². The van der Waals surface area contributed by atoms with Gasteiger partial charge in [0.2, 0.25) is 0 Å². The van der Waals surface area contributed by atoms with Gasteiger partial charge in [0, 0.05) is 28.1 Å². The van der Waals surface area contributed by atoms with Gasteiger partial charge in [0.1, 0.15) is 0 Å². The molecule has 0 spiro atoms. The summed E-state index contributed by atoms with van der Waals surface area (Å²) in [6.07, 6.45) is -0.407. The number of hydrogen-bond donors (Lipinski definition) is 1. The Morgan fingerprint density at radius 3 is 2.14 bits per heavy atom. The van der Waals surface area contributed by atoms with E-state index in [1.54, 1.807) is 0 Å². The maximum absolute atomic E-state index is 9.85. The molecule has 7 heavy (non-hydrogen) atoms. The molecule has 0 rings (SSSR count). The molecule has 0 aromatic rings. The predicted molar refractivity (Wildman–Crippen MR) is 21.5 cm³/mol. The Morgan fingerprint density at radius 2 is 2.14 bits per heavy atom. The molecule has 42 valence electrons. The predicted octanol–water partition coefficient (Wildman–Crippen LogP) is -0.0303. The zero-order chi connectivity index (χ0) is 4.99. The summed E-state index contributed by atoms with van der Waals surface area (Å²) in [7, 11) is 2.82. The Morgan fingerprint density at radius 1 is 1.71 bits per heavy atom. The number of rotatable bonds is 0. The van der Waals surface area contributed by atoms with Crippen LogP contribution in [0.5, 0.6) is 0 Å². The number of carbonyl (C=O) groups excluding carboxylic acids is 1. The average molecular weight is 273 g/mol. The van der Waals surface area contributed by atoms with Gasteiger partial charge in [-0.05, 0) is 0 Å². The van der Waals surface area contributed by atoms with Crippen LogP contribution in [-0.4, -0.2) is 20.3 Å². The maximum Gasteiger partial charge on any atom is 0.406 e. The van der Waals surface area contributed by atoms with Crippen molar-refractivity contribution >= 4 is 6.09 Å². The summed E-state index contributed by atoms with van der Waals surface area (Å²) in [5, 5.41) is 2.25. The largest absolute Gasteiger partial charge is 0.453 e. The van der Waals surface area contributed by atoms with Gasteiger partial charge in [0.15, 0.2) is 0 Å². The van der Waals surface area contributed by atoms with Gasteiger partial charge in [-0.15, -0.1) is 0 Å². The summed E-state index contributed by atoms with van der Waals surface area (Å²) in [4.78, 5) is 9.85. The molecule has 0 radical (unpaired) electrons. The molecule has 1 amide bonds. The van der Waals surface area contributed by atoms with Gasteiger partial charge in [0.05, 0.1) is 7.11 Å². The van der Waals surface area contributed by atoms with Crippen molar-refractivity contribution in [1.82, 2.24) is 5.32 Å². The second kappa shape index (κ2) is 5.96. The van der Waals surface area contributed by atoms with Crippen molar-refractivity contribution in [3.63, 3.8) is 0 Å². The third kappa shape index (κ3) is 5.96. The van der Waals surface area contributed by atoms with Gasteiger partial charge in [-0.2, -0.15) is 0 Å². The number of carbonyl (C=O) groups is 1. The molecule has 0 atom stereocenters. The second-order valence-electron chi connectivity index (χ2n) is 0.742. The van der Waals surface area contributed by atoms with Gasteiger partial charge in [-0.25, -0.2) is 4.79 Å². The Hall–Kier alpha value is -0.0417. The molecule has 0 aliphatic carbocycles. The molecule has 4 heteroatoms. The number of methoxy groups -OCH3 is 1. The molecule has 3 nitrogen and oxygen atoms in total. The standard InChI is InChI=1S/C3H7NO2.W/c1-4-3(5)6-2;/h1-2H3,(H,4,5);. The van der Waals surface area contributed by atoms with Crippen molar-refractivity contribution in [2.75, 3.05) is 14.2 Å². The summed E-state index contributed by atoms with van der Waals surface area (Å²) in [6.45, 7) is 0. The van der Waals surface area contributed by atoms with Crippen LogP contribution in [0.2, 0.25) is 0 Å². The SMILES string of the molecule is CNC(=O)OC.[W]. The minimum Gasteiger partial charge on any atom is -0.453 e. The molecule has 1 N–H and O–H groups in total. The molecule has 0 aliphatic heterocycles. The van der Waals surface area contributed by atoms with Crippen molar-refractivity contribution in [3.05, 3.63) is 0 Å². The normalized spacial score (nSPS) is 6.00. The molecule has 0 bridgehead atoms. The van der Waals surface area contributed by atoms with Crippen LogP contribution in [0.4, 0.5) is 4.79 Å². The first-order chi connectivity index (χ1) is 2.81. The van der Waals surface area contributed by atoms with E-state index in [1.165, 1.54) is 14.2 Å². The van der Waals surface area contributed by atoms with Crippen LogP contribution < -0.4 is 5.32 Å². The van der Waals surface area contributed by atoms with Crippen molar-refractivity contribution in [2.45, 2.75) is 0 Å². The fourth-order valence-electron chi connectivity index (χ4n) is 0.102. The maximum atomic E-state index is 9.85. The minimum atomic E-state index is -0.407. The van der Waals surface area contributed by atoms with E-state index in [2.05, 4.69) is 10.1 Å². The minimum absolute atomic E-state index is 0. The van der Waals surface area contributed by atoms with Crippen molar-refractivity contribution < 1.29 is 30.6 Å². The smallest absolute Gasteiger partial charge is 0.406 e. The fraction of sp³-hybridized carbons (Fsp3) is 0.667. The molecule has 0 unspecified atom stereocenters. The zero-order valence-corrected chi connectivity index (χ0v) is 7.16. The summed E-state index contributed by atoms with van der Waals surface area (Å²) < 4.78 is 4.15. The second-order valence-corrected chi connectivity index (χ2v) is 0.742. The molecule has 0 heterocycles. The van der Waals surface area contributed by atoms with E-state index in [4.69, 9.17) is 0 Å². The van der Waals surface area contributed by atoms with Crippen molar-refractivity contribution in [3.8, 4) is 0 Å². The topological polar surface area (TPSA) is 38.3 Å². The van der Waals surface area contributed by atoms with Crippen LogP contribution in [0.15, 0.2) is 0 Å². The van der Waals surface area contributed by atoms with E-state index in [0.717, 1.165) is 0 Å². The molecule has 0 aromatic carbocycles. The van der Waals surface area contributed by atoms with Crippen molar-refractivity contribution in [1.29, 1.82) is 0 Å². The third-order valence-electron chi connectivity index (χ3n) is 0.390. The number of hydrogen-bond acceptors (Lipinski definition) is 2. The van der Waals surface area contributed by atoms with E-state index < -0.39 is 6.09 Å². The Balaban J connectivity index is 0. The van der Waals surface area contributed by atoms with Crippen LogP contribution in [0.25, 0.3) is 0 Å². The fourth-order valence-corrected chi connectivity index (χ4v) is 0.102. The number of alkyl carbamates (subject to hydrolysis) is 1. The van der Waals surface area contributed by atoms with Gasteiger partial charge >= 0.3 is 6.09 Å². The average Bonchev–Trinajstić information content (AvgIpc) is 1.65. The summed E-state index contributed by atoms with van der Waals surface area (Å²) in [5.74, 6) is 0. The first kappa shape index (κ1) is 10.0. The number of ether oxygens (including phenoxy) is 1. The Bertz CT molecular complexity index is 50.9. The Kier molecular flexibility index (Phi) is 8.55. The molecular weight excluding hydrogens is 266 g/mol. The van der Waals surface area contributed by atoms with Crippen LogP contribution >= 0.6 is 0 Å². The zero-order valence-electron chi connectivity index (χ0n) is 4.22. The monoisotopic (exact) mass is 273 g/mol. The summed E-state index contributed by atoms with van der Waals surface area (Å²) in [5.41, 5.74) is 0. The van der Waals surface area contributed by atoms with Crippen LogP contribution in [-0.2, 0) is 25.8 Å². The van der Waals surface area contributed by atoms with Gasteiger partial charge in [-0.3, -0.25) is 0 Å². The van der Waals surface area contributed by atoms with Gasteiger partial charge in [0.25, 0.3) is 0 Å². The first-order valence-electron chi connectivity index (χ1n) is 1.57. The molecule has 0 saturated heterocycles. The van der Waals surface area contributed by atoms with Gasteiger partial charge < -0.3 is 10.1 Å². The van der Waals surface area contributed by atoms with E-state index in [1.807, 2.05) is 0 Å². The third-order valence-corrected chi connectivity index (χ3v) is 0.390. The Labute approximate surface area is 56.7 Å². The molecule has 0 aromatic heterocycles. The van der Waals surface area contributed by atoms with E-state index >= 15 is 0 Å². The molecular formula is C3H7NO2W. The summed E-state index contributed by atoms with van der Waals surface area (Å²) >= 11 is 0. The first-order valence-corrected chi connectivity index (χ1v) is 1.57. The summed E-state index contributed by atoms with van der Waals surface area (Å²) in [6, 6.07) is 0. The van der Waals surface area contributed by atoms with Gasteiger partial charge in [-0.1, -0.05) is 0 Å². The van der Waals surface area contributed by atoms with E-state index in [9.17, 15) is 4.79 Å². The quantitative estimate of drug-likeness (QED) is 0.673. The molecule has 0 saturated carbocycles. The number of amides is 1.